The van der Waals surface area contributed by atoms with Crippen LogP contribution in [-0.4, -0.2) is 38.9 Å². The van der Waals surface area contributed by atoms with Crippen molar-refractivity contribution in [2.24, 2.45) is 5.92 Å². The number of aryl methyl sites for hydroxylation is 1. The summed E-state index contributed by atoms with van der Waals surface area (Å²) in [4.78, 5) is 0.261. The molecule has 2 rings (SSSR count). The van der Waals surface area contributed by atoms with Gasteiger partial charge in [0.05, 0.1) is 16.5 Å². The van der Waals surface area contributed by atoms with Crippen molar-refractivity contribution in [2.45, 2.75) is 31.6 Å². The van der Waals surface area contributed by atoms with Crippen LogP contribution in [0.25, 0.3) is 0 Å². The second kappa shape index (κ2) is 8.65. The van der Waals surface area contributed by atoms with Crippen molar-refractivity contribution in [1.82, 2.24) is 9.62 Å². The predicted octanol–water partition coefficient (Wildman–Crippen LogP) is 2.30. The molecule has 5 nitrogen and oxygen atoms in total. The molecule has 23 heavy (non-hydrogen) atoms. The van der Waals surface area contributed by atoms with Gasteiger partial charge in [-0.1, -0.05) is 13.0 Å². The number of benzene rings is 1. The molecular weight excluding hydrogens is 334 g/mol. The summed E-state index contributed by atoms with van der Waals surface area (Å²) >= 11 is 0. The Morgan fingerprint density at radius 3 is 2.57 bits per heavy atom. The monoisotopic (exact) mass is 357 g/mol. The Balaban J connectivity index is 0.00000264. The molecule has 1 aliphatic rings. The third kappa shape index (κ3) is 4.67. The van der Waals surface area contributed by atoms with Gasteiger partial charge in [-0.05, 0) is 56.5 Å². The summed E-state index contributed by atoms with van der Waals surface area (Å²) in [6.45, 7) is 6.84. The third-order valence-corrected chi connectivity index (χ3v) is 6.23. The first-order chi connectivity index (χ1) is 10.5. The molecule has 1 N–H and O–H groups in total. The van der Waals surface area contributed by atoms with Crippen molar-refractivity contribution in [3.63, 3.8) is 0 Å². The number of nitriles is 1. The lowest BCUT2D eigenvalue weighted by Gasteiger charge is -2.31. The van der Waals surface area contributed by atoms with Gasteiger partial charge >= 0.3 is 0 Å². The lowest BCUT2D eigenvalue weighted by molar-refractivity contribution is 0.268. The van der Waals surface area contributed by atoms with E-state index >= 15 is 0 Å². The Bertz CT molecular complexity index is 662. The Kier molecular flexibility index (Phi) is 7.49. The van der Waals surface area contributed by atoms with Crippen LogP contribution in [0.1, 0.15) is 30.9 Å². The molecule has 1 saturated heterocycles. The molecule has 0 radical (unpaired) electrons. The van der Waals surface area contributed by atoms with Gasteiger partial charge in [0.15, 0.2) is 0 Å². The average molecular weight is 358 g/mol. The SMILES string of the molecule is CCNCC1CCN(S(=O)(=O)c2cc(C#N)ccc2C)CC1.Cl. The lowest BCUT2D eigenvalue weighted by Crippen LogP contribution is -2.40. The van der Waals surface area contributed by atoms with Crippen LogP contribution in [0.2, 0.25) is 0 Å². The first-order valence-electron chi connectivity index (χ1n) is 7.70. The summed E-state index contributed by atoms with van der Waals surface area (Å²) in [5, 5.41) is 12.3. The molecule has 1 fully saturated rings. The predicted molar refractivity (Wildman–Crippen MR) is 93.2 cm³/mol. The normalized spacial score (nSPS) is 16.6. The Morgan fingerprint density at radius 2 is 2.00 bits per heavy atom. The van der Waals surface area contributed by atoms with E-state index in [4.69, 9.17) is 5.26 Å². The van der Waals surface area contributed by atoms with Crippen LogP contribution in [0.15, 0.2) is 23.1 Å². The zero-order chi connectivity index (χ0) is 16.2. The fourth-order valence-corrected chi connectivity index (χ4v) is 4.51. The van der Waals surface area contributed by atoms with E-state index in [-0.39, 0.29) is 17.3 Å². The summed E-state index contributed by atoms with van der Waals surface area (Å²) in [6, 6.07) is 6.84. The van der Waals surface area contributed by atoms with Gasteiger partial charge in [0.2, 0.25) is 10.0 Å². The van der Waals surface area contributed by atoms with Crippen molar-refractivity contribution >= 4 is 22.4 Å². The molecule has 0 unspecified atom stereocenters. The number of halogens is 1. The first kappa shape index (κ1) is 19.9. The van der Waals surface area contributed by atoms with Crippen LogP contribution < -0.4 is 5.32 Å². The van der Waals surface area contributed by atoms with Crippen LogP contribution in [0.5, 0.6) is 0 Å². The number of hydrogen-bond donors (Lipinski definition) is 1. The maximum Gasteiger partial charge on any atom is 0.243 e. The summed E-state index contributed by atoms with van der Waals surface area (Å²) in [7, 11) is -3.51. The topological polar surface area (TPSA) is 73.2 Å². The van der Waals surface area contributed by atoms with Crippen molar-refractivity contribution in [3.8, 4) is 6.07 Å². The molecule has 0 atom stereocenters. The molecule has 0 spiro atoms. The van der Waals surface area contributed by atoms with E-state index in [1.807, 2.05) is 6.07 Å². The minimum atomic E-state index is -3.51. The molecule has 1 aromatic rings. The molecule has 7 heteroatoms. The molecule has 0 aliphatic carbocycles. The van der Waals surface area contributed by atoms with E-state index < -0.39 is 10.0 Å². The highest BCUT2D eigenvalue weighted by molar-refractivity contribution is 7.89. The molecule has 128 valence electrons. The van der Waals surface area contributed by atoms with Gasteiger partial charge < -0.3 is 5.32 Å². The minimum Gasteiger partial charge on any atom is -0.317 e. The first-order valence-corrected chi connectivity index (χ1v) is 9.14. The maximum atomic E-state index is 12.8. The molecule has 0 saturated carbocycles. The second-order valence-corrected chi connectivity index (χ2v) is 7.65. The van der Waals surface area contributed by atoms with Crippen molar-refractivity contribution in [2.75, 3.05) is 26.2 Å². The summed E-state index contributed by atoms with van der Waals surface area (Å²) in [5.41, 5.74) is 1.07. The van der Waals surface area contributed by atoms with Gasteiger partial charge in [-0.2, -0.15) is 9.57 Å². The van der Waals surface area contributed by atoms with Crippen molar-refractivity contribution in [1.29, 1.82) is 5.26 Å². The maximum absolute atomic E-state index is 12.8. The van der Waals surface area contributed by atoms with Crippen LogP contribution >= 0.6 is 12.4 Å². The van der Waals surface area contributed by atoms with Crippen LogP contribution in [0.3, 0.4) is 0 Å². The summed E-state index contributed by atoms with van der Waals surface area (Å²) in [5.74, 6) is 0.540. The van der Waals surface area contributed by atoms with E-state index in [9.17, 15) is 8.42 Å². The molecular formula is C16H24ClN3O2S. The minimum absolute atomic E-state index is 0. The number of sulfonamides is 1. The van der Waals surface area contributed by atoms with Crippen molar-refractivity contribution < 1.29 is 8.42 Å². The number of nitrogens with zero attached hydrogens (tertiary/aromatic N) is 2. The summed E-state index contributed by atoms with van der Waals surface area (Å²) < 4.78 is 27.2. The summed E-state index contributed by atoms with van der Waals surface area (Å²) in [6.07, 6.45) is 1.76. The largest absolute Gasteiger partial charge is 0.317 e. The standard InChI is InChI=1S/C16H23N3O2S.ClH/c1-3-18-12-14-6-8-19(9-7-14)22(20,21)16-10-15(11-17)5-4-13(16)2;/h4-5,10,14,18H,3,6-9,12H2,1-2H3;1H. The van der Waals surface area contributed by atoms with Crippen LogP contribution in [0, 0.1) is 24.2 Å². The van der Waals surface area contributed by atoms with Crippen LogP contribution in [-0.2, 0) is 10.0 Å². The Labute approximate surface area is 145 Å². The molecule has 1 heterocycles. The lowest BCUT2D eigenvalue weighted by atomic mass is 9.98. The van der Waals surface area contributed by atoms with Gasteiger partial charge in [0.25, 0.3) is 0 Å². The van der Waals surface area contributed by atoms with E-state index in [1.165, 1.54) is 6.07 Å². The highest BCUT2D eigenvalue weighted by Gasteiger charge is 2.30. The zero-order valence-corrected chi connectivity index (χ0v) is 15.2. The Hall–Kier alpha value is -1.13. The van der Waals surface area contributed by atoms with Gasteiger partial charge in [0, 0.05) is 13.1 Å². The number of hydrogen-bond acceptors (Lipinski definition) is 4. The van der Waals surface area contributed by atoms with Gasteiger partial charge in [-0.15, -0.1) is 12.4 Å². The number of rotatable bonds is 5. The molecule has 1 aromatic carbocycles. The van der Waals surface area contributed by atoms with Gasteiger partial charge in [0.1, 0.15) is 0 Å². The average Bonchev–Trinajstić information content (AvgIpc) is 2.53. The fourth-order valence-electron chi connectivity index (χ4n) is 2.79. The zero-order valence-electron chi connectivity index (χ0n) is 13.6. The highest BCUT2D eigenvalue weighted by Crippen LogP contribution is 2.26. The van der Waals surface area contributed by atoms with E-state index in [0.717, 1.165) is 25.9 Å². The fraction of sp³-hybridized carbons (Fsp3) is 0.562. The molecule has 0 aromatic heterocycles. The molecule has 0 bridgehead atoms. The molecule has 0 amide bonds. The van der Waals surface area contributed by atoms with E-state index in [0.29, 0.717) is 30.1 Å². The second-order valence-electron chi connectivity index (χ2n) is 5.75. The molecule has 1 aliphatic heterocycles. The third-order valence-electron chi connectivity index (χ3n) is 4.19. The van der Waals surface area contributed by atoms with Gasteiger partial charge in [-0.25, -0.2) is 8.42 Å². The van der Waals surface area contributed by atoms with Crippen LogP contribution in [0.4, 0.5) is 0 Å². The highest BCUT2D eigenvalue weighted by atomic mass is 35.5. The van der Waals surface area contributed by atoms with Gasteiger partial charge in [-0.3, -0.25) is 0 Å². The quantitative estimate of drug-likeness (QED) is 0.877. The Morgan fingerprint density at radius 1 is 1.35 bits per heavy atom. The number of piperidine rings is 1. The number of nitrogens with one attached hydrogen (secondary N) is 1. The smallest absolute Gasteiger partial charge is 0.243 e. The van der Waals surface area contributed by atoms with E-state index in [1.54, 1.807) is 23.4 Å². The van der Waals surface area contributed by atoms with E-state index in [2.05, 4.69) is 12.2 Å². The van der Waals surface area contributed by atoms with Crippen molar-refractivity contribution in [3.05, 3.63) is 29.3 Å².